The van der Waals surface area contributed by atoms with Crippen LogP contribution in [0.5, 0.6) is 0 Å². The Morgan fingerprint density at radius 2 is 1.67 bits per heavy atom. The summed E-state index contributed by atoms with van der Waals surface area (Å²) in [4.78, 5) is 12.5. The zero-order valence-corrected chi connectivity index (χ0v) is 11.8. The van der Waals surface area contributed by atoms with Crippen LogP contribution in [0.3, 0.4) is 0 Å². The molecular weight excluding hydrogens is 262 g/mol. The molecule has 1 unspecified atom stereocenters. The standard InChI is InChI=1S/C17H17N3O/c1-13-16(12-18-14-8-4-2-5-9-14)17(21)20(19-13)15-10-6-3-7-11-15/h2-13,18-19H,1H3. The number of nitrogens with zero attached hydrogens (tertiary/aromatic N) is 1. The Balaban J connectivity index is 1.79. The van der Waals surface area contributed by atoms with Crippen LogP contribution in [-0.2, 0) is 4.79 Å². The maximum absolute atomic E-state index is 12.5. The minimum Gasteiger partial charge on any atom is -0.361 e. The van der Waals surface area contributed by atoms with E-state index in [2.05, 4.69) is 10.7 Å². The quantitative estimate of drug-likeness (QED) is 0.849. The Morgan fingerprint density at radius 3 is 2.33 bits per heavy atom. The number of nitrogens with one attached hydrogen (secondary N) is 2. The van der Waals surface area contributed by atoms with Crippen LogP contribution < -0.4 is 15.8 Å². The van der Waals surface area contributed by atoms with E-state index in [1.165, 1.54) is 0 Å². The third-order valence-electron chi connectivity index (χ3n) is 3.42. The lowest BCUT2D eigenvalue weighted by molar-refractivity contribution is -0.114. The van der Waals surface area contributed by atoms with Gasteiger partial charge in [-0.15, -0.1) is 0 Å². The van der Waals surface area contributed by atoms with Gasteiger partial charge in [0.2, 0.25) is 0 Å². The molecule has 4 nitrogen and oxygen atoms in total. The predicted molar refractivity (Wildman–Crippen MR) is 84.7 cm³/mol. The molecule has 1 heterocycles. The molecule has 0 aliphatic carbocycles. The summed E-state index contributed by atoms with van der Waals surface area (Å²) in [6.07, 6.45) is 1.78. The molecule has 2 aromatic carbocycles. The van der Waals surface area contributed by atoms with Crippen LogP contribution in [0.2, 0.25) is 0 Å². The Bertz CT molecular complexity index is 652. The monoisotopic (exact) mass is 279 g/mol. The number of hydrogen-bond donors (Lipinski definition) is 2. The normalized spacial score (nSPS) is 20.0. The summed E-state index contributed by atoms with van der Waals surface area (Å²) in [5, 5.41) is 4.76. The molecule has 106 valence electrons. The second-order valence-electron chi connectivity index (χ2n) is 4.94. The van der Waals surface area contributed by atoms with E-state index in [4.69, 9.17) is 0 Å². The summed E-state index contributed by atoms with van der Waals surface area (Å²) in [5.41, 5.74) is 5.70. The fourth-order valence-corrected chi connectivity index (χ4v) is 2.29. The second-order valence-corrected chi connectivity index (χ2v) is 4.94. The van der Waals surface area contributed by atoms with E-state index in [-0.39, 0.29) is 11.9 Å². The molecule has 1 atom stereocenters. The van der Waals surface area contributed by atoms with Crippen molar-refractivity contribution in [1.82, 2.24) is 5.43 Å². The van der Waals surface area contributed by atoms with Crippen LogP contribution in [0.4, 0.5) is 11.4 Å². The lowest BCUT2D eigenvalue weighted by Gasteiger charge is -2.15. The van der Waals surface area contributed by atoms with E-state index in [0.29, 0.717) is 5.57 Å². The van der Waals surface area contributed by atoms with Crippen LogP contribution in [0.25, 0.3) is 0 Å². The van der Waals surface area contributed by atoms with Crippen molar-refractivity contribution in [2.45, 2.75) is 13.0 Å². The van der Waals surface area contributed by atoms with Gasteiger partial charge in [0.05, 0.1) is 17.3 Å². The number of para-hydroxylation sites is 2. The first-order valence-electron chi connectivity index (χ1n) is 6.93. The van der Waals surface area contributed by atoms with Gasteiger partial charge in [-0.25, -0.2) is 10.4 Å². The Morgan fingerprint density at radius 1 is 1.05 bits per heavy atom. The first kappa shape index (κ1) is 13.4. The van der Waals surface area contributed by atoms with Crippen molar-refractivity contribution in [3.63, 3.8) is 0 Å². The highest BCUT2D eigenvalue weighted by Crippen LogP contribution is 2.22. The van der Waals surface area contributed by atoms with Gasteiger partial charge in [-0.05, 0) is 31.2 Å². The SMILES string of the molecule is CC1NN(c2ccccc2)C(=O)C1=CNc1ccccc1. The van der Waals surface area contributed by atoms with Crippen LogP contribution in [0.1, 0.15) is 6.92 Å². The number of anilines is 2. The predicted octanol–water partition coefficient (Wildman–Crippen LogP) is 2.92. The maximum Gasteiger partial charge on any atom is 0.271 e. The number of carbonyl (C=O) groups is 1. The first-order chi connectivity index (χ1) is 10.3. The fourth-order valence-electron chi connectivity index (χ4n) is 2.29. The van der Waals surface area contributed by atoms with E-state index in [1.54, 1.807) is 11.2 Å². The number of hydrazine groups is 1. The summed E-state index contributed by atoms with van der Waals surface area (Å²) in [6.45, 7) is 1.97. The molecule has 4 heteroatoms. The number of rotatable bonds is 3. The largest absolute Gasteiger partial charge is 0.361 e. The third kappa shape index (κ3) is 2.80. The van der Waals surface area contributed by atoms with Gasteiger partial charge >= 0.3 is 0 Å². The Kier molecular flexibility index (Phi) is 3.71. The summed E-state index contributed by atoms with van der Waals surface area (Å²) in [7, 11) is 0. The first-order valence-corrected chi connectivity index (χ1v) is 6.93. The average Bonchev–Trinajstić information content (AvgIpc) is 2.82. The van der Waals surface area contributed by atoms with Crippen molar-refractivity contribution in [3.8, 4) is 0 Å². The number of carbonyl (C=O) groups excluding carboxylic acids is 1. The molecule has 1 aliphatic heterocycles. The smallest absolute Gasteiger partial charge is 0.271 e. The molecule has 1 amide bonds. The maximum atomic E-state index is 12.5. The molecule has 0 aromatic heterocycles. The highest BCUT2D eigenvalue weighted by atomic mass is 16.2. The molecule has 2 N–H and O–H groups in total. The molecule has 3 rings (SSSR count). The van der Waals surface area contributed by atoms with E-state index >= 15 is 0 Å². The number of hydrogen-bond acceptors (Lipinski definition) is 3. The zero-order chi connectivity index (χ0) is 14.7. The molecule has 0 bridgehead atoms. The molecule has 0 spiro atoms. The van der Waals surface area contributed by atoms with Crippen molar-refractivity contribution in [2.24, 2.45) is 0 Å². The highest BCUT2D eigenvalue weighted by Gasteiger charge is 2.32. The van der Waals surface area contributed by atoms with Crippen molar-refractivity contribution < 1.29 is 4.79 Å². The molecule has 21 heavy (non-hydrogen) atoms. The second kappa shape index (κ2) is 5.81. The van der Waals surface area contributed by atoms with Gasteiger partial charge in [-0.1, -0.05) is 36.4 Å². The summed E-state index contributed by atoms with van der Waals surface area (Å²) in [5.74, 6) is -0.0304. The van der Waals surface area contributed by atoms with E-state index in [1.807, 2.05) is 67.6 Å². The van der Waals surface area contributed by atoms with Gasteiger partial charge in [-0.3, -0.25) is 4.79 Å². The van der Waals surface area contributed by atoms with Gasteiger partial charge in [0.15, 0.2) is 0 Å². The summed E-state index contributed by atoms with van der Waals surface area (Å²) >= 11 is 0. The molecule has 0 saturated carbocycles. The fraction of sp³-hybridized carbons (Fsp3) is 0.118. The average molecular weight is 279 g/mol. The van der Waals surface area contributed by atoms with Gasteiger partial charge in [0.1, 0.15) is 0 Å². The number of benzene rings is 2. The van der Waals surface area contributed by atoms with Gasteiger partial charge < -0.3 is 5.32 Å². The van der Waals surface area contributed by atoms with E-state index in [0.717, 1.165) is 11.4 Å². The van der Waals surface area contributed by atoms with E-state index in [9.17, 15) is 4.79 Å². The van der Waals surface area contributed by atoms with Crippen molar-refractivity contribution in [1.29, 1.82) is 0 Å². The highest BCUT2D eigenvalue weighted by molar-refractivity contribution is 6.08. The molecule has 1 saturated heterocycles. The van der Waals surface area contributed by atoms with Crippen LogP contribution >= 0.6 is 0 Å². The summed E-state index contributed by atoms with van der Waals surface area (Å²) in [6, 6.07) is 19.3. The Labute approximate surface area is 124 Å². The Hall–Kier alpha value is -2.59. The third-order valence-corrected chi connectivity index (χ3v) is 3.42. The minimum atomic E-state index is -0.0334. The van der Waals surface area contributed by atoms with Gasteiger partial charge in [-0.2, -0.15) is 0 Å². The molecule has 1 aliphatic rings. The number of amides is 1. The minimum absolute atomic E-state index is 0.0304. The van der Waals surface area contributed by atoms with Crippen LogP contribution in [-0.4, -0.2) is 11.9 Å². The lowest BCUT2D eigenvalue weighted by Crippen LogP contribution is -2.36. The molecule has 2 aromatic rings. The summed E-state index contributed by atoms with van der Waals surface area (Å²) < 4.78 is 0. The van der Waals surface area contributed by atoms with Crippen LogP contribution in [0, 0.1) is 0 Å². The van der Waals surface area contributed by atoms with Gasteiger partial charge in [0.25, 0.3) is 5.91 Å². The molecular formula is C17H17N3O. The molecule has 1 fully saturated rings. The van der Waals surface area contributed by atoms with Gasteiger partial charge in [0, 0.05) is 11.9 Å². The topological polar surface area (TPSA) is 44.4 Å². The van der Waals surface area contributed by atoms with E-state index < -0.39 is 0 Å². The lowest BCUT2D eigenvalue weighted by atomic mass is 10.1. The zero-order valence-electron chi connectivity index (χ0n) is 11.8. The van der Waals surface area contributed by atoms with Crippen molar-refractivity contribution in [2.75, 3.05) is 10.3 Å². The van der Waals surface area contributed by atoms with Crippen LogP contribution in [0.15, 0.2) is 72.4 Å². The molecule has 0 radical (unpaired) electrons. The van der Waals surface area contributed by atoms with Crippen molar-refractivity contribution >= 4 is 17.3 Å². The van der Waals surface area contributed by atoms with Crippen molar-refractivity contribution in [3.05, 3.63) is 72.4 Å².